The van der Waals surface area contributed by atoms with Gasteiger partial charge >= 0.3 is 6.09 Å². The fraction of sp³-hybridized carbons (Fsp3) is 0.529. The first-order chi connectivity index (χ1) is 11.7. The molecule has 0 aliphatic carbocycles. The number of amides is 1. The molecule has 1 heterocycles. The summed E-state index contributed by atoms with van der Waals surface area (Å²) in [6, 6.07) is 3.34. The summed E-state index contributed by atoms with van der Waals surface area (Å²) in [7, 11) is 1.42. The van der Waals surface area contributed by atoms with Crippen molar-refractivity contribution < 1.29 is 23.8 Å². The molecule has 0 aliphatic rings. The molecule has 8 heteroatoms. The first kappa shape index (κ1) is 20.2. The van der Waals surface area contributed by atoms with E-state index in [1.807, 2.05) is 26.8 Å². The highest BCUT2D eigenvalue weighted by atomic mass is 16.5. The molecule has 0 aromatic carbocycles. The van der Waals surface area contributed by atoms with Crippen molar-refractivity contribution in [3.05, 3.63) is 17.8 Å². The van der Waals surface area contributed by atoms with E-state index in [-0.39, 0.29) is 35.6 Å². The van der Waals surface area contributed by atoms with E-state index in [4.69, 9.17) is 25.2 Å². The summed E-state index contributed by atoms with van der Waals surface area (Å²) in [5.41, 5.74) is 4.76. The Hall–Kier alpha value is -2.82. The van der Waals surface area contributed by atoms with Crippen LogP contribution < -0.4 is 15.2 Å². The Bertz CT molecular complexity index is 661. The quantitative estimate of drug-likeness (QED) is 0.715. The van der Waals surface area contributed by atoms with Crippen molar-refractivity contribution in [3.63, 3.8) is 0 Å². The number of hydrogen-bond donors (Lipinski definition) is 1. The molecule has 1 unspecified atom stereocenters. The summed E-state index contributed by atoms with van der Waals surface area (Å²) < 4.78 is 15.9. The van der Waals surface area contributed by atoms with Gasteiger partial charge in [-0.25, -0.2) is 9.78 Å². The maximum atomic E-state index is 12.3. The molecule has 136 valence electrons. The number of Topliss-reactive ketones (excluding diaryl/α,β-unsaturated/α-hetero) is 1. The van der Waals surface area contributed by atoms with Gasteiger partial charge in [0, 0.05) is 12.6 Å². The van der Waals surface area contributed by atoms with E-state index in [9.17, 15) is 9.59 Å². The Morgan fingerprint density at radius 2 is 2.08 bits per heavy atom. The van der Waals surface area contributed by atoms with Crippen LogP contribution in [-0.4, -0.2) is 36.7 Å². The normalized spacial score (nSPS) is 12.0. The number of methoxy groups -OCH3 is 1. The van der Waals surface area contributed by atoms with E-state index in [0.29, 0.717) is 6.42 Å². The fourth-order valence-electron chi connectivity index (χ4n) is 2.17. The van der Waals surface area contributed by atoms with Crippen LogP contribution in [-0.2, 0) is 4.74 Å². The number of nitrogens with two attached hydrogens (primary N) is 1. The first-order valence-corrected chi connectivity index (χ1v) is 7.72. The molecule has 0 spiro atoms. The molecule has 0 saturated carbocycles. The van der Waals surface area contributed by atoms with Gasteiger partial charge in [-0.2, -0.15) is 5.26 Å². The molecule has 0 saturated heterocycles. The van der Waals surface area contributed by atoms with Gasteiger partial charge in [0.15, 0.2) is 5.78 Å². The van der Waals surface area contributed by atoms with Gasteiger partial charge in [0.1, 0.15) is 17.4 Å². The van der Waals surface area contributed by atoms with E-state index >= 15 is 0 Å². The van der Waals surface area contributed by atoms with Crippen LogP contribution in [0.4, 0.5) is 4.79 Å². The number of aromatic nitrogens is 1. The third kappa shape index (κ3) is 5.95. The second kappa shape index (κ2) is 8.87. The van der Waals surface area contributed by atoms with Crippen molar-refractivity contribution >= 4 is 11.9 Å². The molecule has 1 aromatic rings. The lowest BCUT2D eigenvalue weighted by atomic mass is 9.87. The molecule has 0 radical (unpaired) electrons. The van der Waals surface area contributed by atoms with Gasteiger partial charge in [-0.3, -0.25) is 4.79 Å². The standard InChI is InChI=1S/C17H23N3O5/c1-17(2,3)13(7-10-24-16(19)22)25-15-14(11(21)5-8-18)12(23-4)6-9-20-15/h6,9,13H,5,7,10H2,1-4H3,(H2,19,22). The number of ether oxygens (including phenoxy) is 3. The summed E-state index contributed by atoms with van der Waals surface area (Å²) >= 11 is 0. The largest absolute Gasteiger partial charge is 0.496 e. The molecule has 0 bridgehead atoms. The van der Waals surface area contributed by atoms with Gasteiger partial charge in [0.2, 0.25) is 5.88 Å². The van der Waals surface area contributed by atoms with Gasteiger partial charge < -0.3 is 19.9 Å². The van der Waals surface area contributed by atoms with E-state index in [2.05, 4.69) is 4.98 Å². The predicted molar refractivity (Wildman–Crippen MR) is 89.4 cm³/mol. The Morgan fingerprint density at radius 3 is 2.60 bits per heavy atom. The average Bonchev–Trinajstić information content (AvgIpc) is 2.52. The summed E-state index contributed by atoms with van der Waals surface area (Å²) in [5.74, 6) is -0.0756. The number of pyridine rings is 1. The molecule has 1 rings (SSSR count). The highest BCUT2D eigenvalue weighted by Gasteiger charge is 2.30. The number of rotatable bonds is 8. The average molecular weight is 349 g/mol. The molecule has 25 heavy (non-hydrogen) atoms. The molecule has 1 atom stereocenters. The van der Waals surface area contributed by atoms with Crippen LogP contribution in [0.3, 0.4) is 0 Å². The number of nitriles is 1. The van der Waals surface area contributed by atoms with Crippen LogP contribution in [0.5, 0.6) is 11.6 Å². The van der Waals surface area contributed by atoms with Crippen molar-refractivity contribution in [2.75, 3.05) is 13.7 Å². The van der Waals surface area contributed by atoms with Gasteiger partial charge in [0.25, 0.3) is 0 Å². The third-order valence-electron chi connectivity index (χ3n) is 3.46. The predicted octanol–water partition coefficient (Wildman–Crippen LogP) is 2.47. The highest BCUT2D eigenvalue weighted by Crippen LogP contribution is 2.32. The number of nitrogens with zero attached hydrogens (tertiary/aromatic N) is 2. The number of primary amides is 1. The molecule has 8 nitrogen and oxygen atoms in total. The Balaban J connectivity index is 3.13. The summed E-state index contributed by atoms with van der Waals surface area (Å²) in [6.45, 7) is 5.90. The van der Waals surface area contributed by atoms with Crippen LogP contribution in [0, 0.1) is 16.7 Å². The topological polar surface area (TPSA) is 125 Å². The monoisotopic (exact) mass is 349 g/mol. The van der Waals surface area contributed by atoms with E-state index in [0.717, 1.165) is 0 Å². The van der Waals surface area contributed by atoms with Crippen LogP contribution in [0.1, 0.15) is 44.0 Å². The molecule has 1 amide bonds. The number of carbonyl (C=O) groups is 2. The number of hydrogen-bond acceptors (Lipinski definition) is 7. The summed E-state index contributed by atoms with van der Waals surface area (Å²) in [6.07, 6.45) is 0.217. The van der Waals surface area contributed by atoms with Gasteiger partial charge in [-0.05, 0) is 11.5 Å². The first-order valence-electron chi connectivity index (χ1n) is 7.72. The highest BCUT2D eigenvalue weighted by molar-refractivity contribution is 6.01. The van der Waals surface area contributed by atoms with Crippen LogP contribution >= 0.6 is 0 Å². The zero-order valence-corrected chi connectivity index (χ0v) is 14.9. The Labute approximate surface area is 146 Å². The minimum Gasteiger partial charge on any atom is -0.496 e. The molecule has 0 aliphatic heterocycles. The minimum atomic E-state index is -0.864. The van der Waals surface area contributed by atoms with Crippen molar-refractivity contribution in [1.29, 1.82) is 5.26 Å². The van der Waals surface area contributed by atoms with E-state index in [1.165, 1.54) is 19.4 Å². The zero-order valence-electron chi connectivity index (χ0n) is 14.9. The van der Waals surface area contributed by atoms with Crippen LogP contribution in [0.2, 0.25) is 0 Å². The lowest BCUT2D eigenvalue weighted by molar-refractivity contribution is 0.0513. The third-order valence-corrected chi connectivity index (χ3v) is 3.46. The van der Waals surface area contributed by atoms with E-state index < -0.39 is 18.0 Å². The fourth-order valence-corrected chi connectivity index (χ4v) is 2.17. The van der Waals surface area contributed by atoms with Crippen molar-refractivity contribution in [2.45, 2.75) is 39.7 Å². The molecule has 2 N–H and O–H groups in total. The van der Waals surface area contributed by atoms with Crippen molar-refractivity contribution in [2.24, 2.45) is 11.1 Å². The van der Waals surface area contributed by atoms with Gasteiger partial charge in [-0.1, -0.05) is 20.8 Å². The smallest absolute Gasteiger partial charge is 0.404 e. The lowest BCUT2D eigenvalue weighted by Crippen LogP contribution is -2.34. The zero-order chi connectivity index (χ0) is 19.0. The van der Waals surface area contributed by atoms with Crippen LogP contribution in [0.25, 0.3) is 0 Å². The molecule has 0 fully saturated rings. The maximum absolute atomic E-state index is 12.3. The number of carbonyl (C=O) groups excluding carboxylic acids is 2. The Kier molecular flexibility index (Phi) is 7.18. The molecule has 1 aromatic heterocycles. The lowest BCUT2D eigenvalue weighted by Gasteiger charge is -2.31. The summed E-state index contributed by atoms with van der Waals surface area (Å²) in [5, 5.41) is 8.80. The van der Waals surface area contributed by atoms with Gasteiger partial charge in [-0.15, -0.1) is 0 Å². The molecular formula is C17H23N3O5. The maximum Gasteiger partial charge on any atom is 0.404 e. The van der Waals surface area contributed by atoms with Crippen LogP contribution in [0.15, 0.2) is 12.3 Å². The Morgan fingerprint density at radius 1 is 1.40 bits per heavy atom. The van der Waals surface area contributed by atoms with Crippen molar-refractivity contribution in [1.82, 2.24) is 4.98 Å². The summed E-state index contributed by atoms with van der Waals surface area (Å²) in [4.78, 5) is 27.1. The number of ketones is 1. The second-order valence-corrected chi connectivity index (χ2v) is 6.38. The minimum absolute atomic E-state index is 0.0721. The van der Waals surface area contributed by atoms with Crippen molar-refractivity contribution in [3.8, 4) is 17.7 Å². The van der Waals surface area contributed by atoms with E-state index in [1.54, 1.807) is 0 Å². The SMILES string of the molecule is COc1ccnc(OC(CCOC(N)=O)C(C)(C)C)c1C(=O)CC#N. The second-order valence-electron chi connectivity index (χ2n) is 6.38. The van der Waals surface area contributed by atoms with Gasteiger partial charge in [0.05, 0.1) is 26.2 Å². The molecular weight excluding hydrogens is 326 g/mol.